The van der Waals surface area contributed by atoms with Gasteiger partial charge in [-0.15, -0.1) is 6.58 Å². The first-order valence-corrected chi connectivity index (χ1v) is 9.67. The van der Waals surface area contributed by atoms with Gasteiger partial charge in [-0.25, -0.2) is 4.79 Å². The molecule has 0 saturated heterocycles. The zero-order valence-corrected chi connectivity index (χ0v) is 17.3. The summed E-state index contributed by atoms with van der Waals surface area (Å²) in [6, 6.07) is 12.1. The average molecular weight is 414 g/mol. The minimum atomic E-state index is -0.661. The number of halogens is 1. The van der Waals surface area contributed by atoms with Gasteiger partial charge in [-0.1, -0.05) is 29.8 Å². The summed E-state index contributed by atoms with van der Waals surface area (Å²) in [5.41, 5.74) is 1.44. The molecule has 7 heteroatoms. The molecule has 1 aliphatic heterocycles. The van der Waals surface area contributed by atoms with E-state index in [9.17, 15) is 9.59 Å². The van der Waals surface area contributed by atoms with Crippen LogP contribution in [0.3, 0.4) is 0 Å². The highest BCUT2D eigenvalue weighted by Crippen LogP contribution is 2.38. The molecule has 0 radical (unpaired) electrons. The third-order valence-electron chi connectivity index (χ3n) is 4.60. The van der Waals surface area contributed by atoms with Crippen LogP contribution >= 0.6 is 11.6 Å². The monoisotopic (exact) mass is 413 g/mol. The van der Waals surface area contributed by atoms with Crippen LogP contribution in [0.2, 0.25) is 5.02 Å². The summed E-state index contributed by atoms with van der Waals surface area (Å²) >= 11 is 5.87. The van der Waals surface area contributed by atoms with Gasteiger partial charge in [-0.3, -0.25) is 4.79 Å². The Bertz CT molecular complexity index is 925. The second-order valence-corrected chi connectivity index (χ2v) is 7.93. The number of anilines is 2. The number of amides is 3. The van der Waals surface area contributed by atoms with Crippen LogP contribution in [0.25, 0.3) is 0 Å². The molecular formula is C22H24ClN3O3. The quantitative estimate of drug-likeness (QED) is 0.704. The number of ether oxygens (including phenoxy) is 1. The van der Waals surface area contributed by atoms with Crippen molar-refractivity contribution in [3.63, 3.8) is 0 Å². The van der Waals surface area contributed by atoms with Gasteiger partial charge < -0.3 is 20.3 Å². The van der Waals surface area contributed by atoms with Gasteiger partial charge in [0.2, 0.25) is 5.91 Å². The van der Waals surface area contributed by atoms with Gasteiger partial charge in [0.15, 0.2) is 0 Å². The van der Waals surface area contributed by atoms with Crippen molar-refractivity contribution in [2.75, 3.05) is 23.4 Å². The summed E-state index contributed by atoms with van der Waals surface area (Å²) in [4.78, 5) is 26.8. The first-order valence-electron chi connectivity index (χ1n) is 9.29. The molecule has 3 amide bonds. The van der Waals surface area contributed by atoms with Crippen molar-refractivity contribution < 1.29 is 14.3 Å². The van der Waals surface area contributed by atoms with Crippen molar-refractivity contribution in [3.8, 4) is 5.75 Å². The zero-order chi connectivity index (χ0) is 21.0. The highest BCUT2D eigenvalue weighted by atomic mass is 35.5. The van der Waals surface area contributed by atoms with Crippen LogP contribution in [0.5, 0.6) is 5.75 Å². The summed E-state index contributed by atoms with van der Waals surface area (Å²) in [7, 11) is 0. The molecule has 2 aromatic rings. The Hall–Kier alpha value is -2.99. The molecular weight excluding hydrogens is 390 g/mol. The van der Waals surface area contributed by atoms with E-state index in [-0.39, 0.29) is 18.5 Å². The molecule has 1 heterocycles. The normalized spacial score (nSPS) is 15.0. The van der Waals surface area contributed by atoms with Gasteiger partial charge in [-0.2, -0.15) is 0 Å². The number of hydrogen-bond acceptors (Lipinski definition) is 3. The van der Waals surface area contributed by atoms with Crippen LogP contribution in [-0.4, -0.2) is 25.1 Å². The van der Waals surface area contributed by atoms with E-state index >= 15 is 0 Å². The maximum Gasteiger partial charge on any atom is 0.319 e. The molecule has 2 aromatic carbocycles. The smallest absolute Gasteiger partial charge is 0.319 e. The standard InChI is InChI=1S/C22H24ClN3O3/c1-4-11-26-18-12-17(9-10-19(18)29-14-22(2,3)20(26)27)25-21(28)24-13-15-5-7-16(23)8-6-15/h4-10,12H,1,11,13-14H2,2-3H3,(H2,24,25,28). The van der Waals surface area contributed by atoms with Gasteiger partial charge in [0.25, 0.3) is 0 Å². The fourth-order valence-corrected chi connectivity index (χ4v) is 3.12. The third-order valence-corrected chi connectivity index (χ3v) is 4.85. The van der Waals surface area contributed by atoms with E-state index in [2.05, 4.69) is 17.2 Å². The summed E-state index contributed by atoms with van der Waals surface area (Å²) in [6.45, 7) is 8.44. The Morgan fingerprint density at radius 1 is 1.28 bits per heavy atom. The van der Waals surface area contributed by atoms with E-state index in [1.807, 2.05) is 26.0 Å². The van der Waals surface area contributed by atoms with E-state index in [1.165, 1.54) is 0 Å². The zero-order valence-electron chi connectivity index (χ0n) is 16.5. The van der Waals surface area contributed by atoms with Gasteiger partial charge in [-0.05, 0) is 49.7 Å². The van der Waals surface area contributed by atoms with Crippen LogP contribution in [0, 0.1) is 5.41 Å². The Morgan fingerprint density at radius 2 is 2.00 bits per heavy atom. The lowest BCUT2D eigenvalue weighted by Crippen LogP contribution is -2.42. The molecule has 3 rings (SSSR count). The number of carbonyl (C=O) groups excluding carboxylic acids is 2. The van der Waals surface area contributed by atoms with Crippen LogP contribution in [0.4, 0.5) is 16.2 Å². The summed E-state index contributed by atoms with van der Waals surface area (Å²) < 4.78 is 5.85. The predicted octanol–water partition coefficient (Wildman–Crippen LogP) is 4.60. The molecule has 0 bridgehead atoms. The average Bonchev–Trinajstić information content (AvgIpc) is 2.78. The minimum absolute atomic E-state index is 0.0551. The first-order chi connectivity index (χ1) is 13.8. The molecule has 0 aromatic heterocycles. The van der Waals surface area contributed by atoms with Crippen molar-refractivity contribution in [3.05, 3.63) is 65.7 Å². The van der Waals surface area contributed by atoms with E-state index < -0.39 is 5.41 Å². The van der Waals surface area contributed by atoms with Crippen LogP contribution in [0.15, 0.2) is 55.1 Å². The highest BCUT2D eigenvalue weighted by molar-refractivity contribution is 6.30. The second kappa shape index (κ2) is 8.57. The number of nitrogens with zero attached hydrogens (tertiary/aromatic N) is 1. The molecule has 29 heavy (non-hydrogen) atoms. The van der Waals surface area contributed by atoms with Crippen LogP contribution in [0.1, 0.15) is 19.4 Å². The number of hydrogen-bond donors (Lipinski definition) is 2. The molecule has 0 fully saturated rings. The summed E-state index contributed by atoms with van der Waals surface area (Å²) in [6.07, 6.45) is 1.67. The second-order valence-electron chi connectivity index (χ2n) is 7.49. The number of fused-ring (bicyclic) bond motifs is 1. The molecule has 0 aliphatic carbocycles. The van der Waals surface area contributed by atoms with Gasteiger partial charge in [0.1, 0.15) is 12.4 Å². The third kappa shape index (κ3) is 4.90. The van der Waals surface area contributed by atoms with Gasteiger partial charge >= 0.3 is 6.03 Å². The number of nitrogens with one attached hydrogen (secondary N) is 2. The topological polar surface area (TPSA) is 70.7 Å². The fraction of sp³-hybridized carbons (Fsp3) is 0.273. The molecule has 0 spiro atoms. The molecule has 0 unspecified atom stereocenters. The van der Waals surface area contributed by atoms with E-state index in [1.54, 1.807) is 41.3 Å². The fourth-order valence-electron chi connectivity index (χ4n) is 2.99. The van der Waals surface area contributed by atoms with Crippen molar-refractivity contribution in [2.45, 2.75) is 20.4 Å². The SMILES string of the molecule is C=CCN1C(=O)C(C)(C)COc2ccc(NC(=O)NCc3ccc(Cl)cc3)cc21. The lowest BCUT2D eigenvalue weighted by Gasteiger charge is -2.27. The van der Waals surface area contributed by atoms with E-state index in [0.29, 0.717) is 35.2 Å². The molecule has 2 N–H and O–H groups in total. The molecule has 1 aliphatic rings. The van der Waals surface area contributed by atoms with Crippen molar-refractivity contribution in [1.82, 2.24) is 5.32 Å². The summed E-state index contributed by atoms with van der Waals surface area (Å²) in [5, 5.41) is 6.24. The maximum atomic E-state index is 12.9. The van der Waals surface area contributed by atoms with E-state index in [4.69, 9.17) is 16.3 Å². The van der Waals surface area contributed by atoms with Crippen LogP contribution < -0.4 is 20.3 Å². The number of benzene rings is 2. The van der Waals surface area contributed by atoms with Crippen molar-refractivity contribution in [1.29, 1.82) is 0 Å². The highest BCUT2D eigenvalue weighted by Gasteiger charge is 2.37. The van der Waals surface area contributed by atoms with Gasteiger partial charge in [0.05, 0.1) is 11.1 Å². The summed E-state index contributed by atoms with van der Waals surface area (Å²) in [5.74, 6) is 0.540. The minimum Gasteiger partial charge on any atom is -0.490 e. The Morgan fingerprint density at radius 3 is 2.69 bits per heavy atom. The van der Waals surface area contributed by atoms with Crippen LogP contribution in [-0.2, 0) is 11.3 Å². The number of urea groups is 1. The Labute approximate surface area is 175 Å². The van der Waals surface area contributed by atoms with Crippen molar-refractivity contribution in [2.24, 2.45) is 5.41 Å². The van der Waals surface area contributed by atoms with E-state index in [0.717, 1.165) is 5.56 Å². The largest absolute Gasteiger partial charge is 0.490 e. The number of carbonyl (C=O) groups is 2. The lowest BCUT2D eigenvalue weighted by atomic mass is 9.93. The molecule has 0 saturated carbocycles. The Balaban J connectivity index is 1.74. The lowest BCUT2D eigenvalue weighted by molar-refractivity contribution is -0.127. The first kappa shape index (κ1) is 20.7. The van der Waals surface area contributed by atoms with Crippen molar-refractivity contribution >= 4 is 34.9 Å². The maximum absolute atomic E-state index is 12.9. The Kier molecular flexibility index (Phi) is 6.13. The molecule has 0 atom stereocenters. The predicted molar refractivity (Wildman–Crippen MR) is 116 cm³/mol. The molecule has 6 nitrogen and oxygen atoms in total. The number of rotatable bonds is 5. The molecule has 152 valence electrons. The van der Waals surface area contributed by atoms with Gasteiger partial charge in [0, 0.05) is 23.8 Å².